The molecule has 0 radical (unpaired) electrons. The van der Waals surface area contributed by atoms with Crippen molar-refractivity contribution in [3.05, 3.63) is 0 Å². The van der Waals surface area contributed by atoms with Gasteiger partial charge in [-0.3, -0.25) is 9.11 Å². The summed E-state index contributed by atoms with van der Waals surface area (Å²) in [7, 11) is -4.67. The van der Waals surface area contributed by atoms with E-state index in [2.05, 4.69) is 0 Å². The molecule has 0 atom stereocenters. The van der Waals surface area contributed by atoms with Gasteiger partial charge in [0.25, 0.3) is 0 Å². The molecule has 0 aliphatic heterocycles. The lowest BCUT2D eigenvalue weighted by molar-refractivity contribution is -0.0211. The average molecular weight is 453 g/mol. The van der Waals surface area contributed by atoms with E-state index in [-0.39, 0.29) is 6.61 Å². The highest BCUT2D eigenvalue weighted by Crippen LogP contribution is 1.85. The Balaban J connectivity index is 0. The minimum atomic E-state index is -4.67. The Bertz CT molecular complexity index is 363. The van der Waals surface area contributed by atoms with Gasteiger partial charge in [0.15, 0.2) is 0 Å². The molecule has 0 heterocycles. The first-order valence-corrected chi connectivity index (χ1v) is 10.7. The van der Waals surface area contributed by atoms with Gasteiger partial charge in [-0.2, -0.15) is 8.42 Å². The molecule has 0 aliphatic rings. The molecule has 0 aromatic rings. The Hall–Kier alpha value is -0.450. The van der Waals surface area contributed by atoms with Gasteiger partial charge in [0.2, 0.25) is 0 Å². The van der Waals surface area contributed by atoms with Gasteiger partial charge < -0.3 is 38.3 Å². The summed E-state index contributed by atoms with van der Waals surface area (Å²) >= 11 is 0. The molecule has 0 saturated heterocycles. The van der Waals surface area contributed by atoms with Crippen LogP contribution in [0.5, 0.6) is 0 Å². The fraction of sp³-hybridized carbons (Fsp3) is 1.00. The molecule has 0 aromatic heterocycles. The molecule has 0 fully saturated rings. The lowest BCUT2D eigenvalue weighted by atomic mass is 10.6. The quantitative estimate of drug-likeness (QED) is 0.151. The zero-order chi connectivity index (χ0) is 22.1. The predicted octanol–water partition coefficient (Wildman–Crippen LogP) is -0.538. The van der Waals surface area contributed by atoms with Crippen LogP contribution in [0.25, 0.3) is 0 Å². The van der Waals surface area contributed by atoms with E-state index in [1.165, 1.54) is 0 Å². The van der Waals surface area contributed by atoms with Crippen LogP contribution in [0.2, 0.25) is 0 Å². The molecule has 0 amide bonds. The van der Waals surface area contributed by atoms with Crippen LogP contribution in [0.15, 0.2) is 0 Å². The minimum Gasteiger partial charge on any atom is -0.394 e. The van der Waals surface area contributed by atoms with E-state index in [4.69, 9.17) is 55.8 Å². The Labute approximate surface area is 172 Å². The molecule has 13 heteroatoms. The summed E-state index contributed by atoms with van der Waals surface area (Å²) < 4.78 is 68.5. The van der Waals surface area contributed by atoms with Crippen LogP contribution < -0.4 is 0 Å². The average Bonchev–Trinajstić information content (AvgIpc) is 2.65. The second-order valence-corrected chi connectivity index (χ2v) is 5.94. The third kappa shape index (κ3) is 42.6. The summed E-state index contributed by atoms with van der Waals surface area (Å²) in [6.45, 7) is 9.62. The Morgan fingerprint density at radius 3 is 0.931 bits per heavy atom. The normalized spacial score (nSPS) is 11.3. The smallest absolute Gasteiger partial charge is 0.394 e. The molecular weight excluding hydrogens is 416 g/mol. The molecule has 0 aliphatic carbocycles. The van der Waals surface area contributed by atoms with Crippen LogP contribution in [0.4, 0.5) is 0 Å². The number of hydrogen-bond donors (Lipinski definition) is 3. The third-order valence-corrected chi connectivity index (χ3v) is 2.67. The fourth-order valence-corrected chi connectivity index (χ4v) is 1.53. The van der Waals surface area contributed by atoms with Crippen LogP contribution in [0, 0.1) is 0 Å². The topological polar surface area (TPSA) is 159 Å². The molecule has 12 nitrogen and oxygen atoms in total. The SMILES string of the molecule is CCOCCOCCOCCOCCOCCOCCOCCO.O=S(=O)(O)O. The van der Waals surface area contributed by atoms with Gasteiger partial charge in [-0.25, -0.2) is 0 Å². The van der Waals surface area contributed by atoms with Crippen molar-refractivity contribution in [1.82, 2.24) is 0 Å². The summed E-state index contributed by atoms with van der Waals surface area (Å²) in [4.78, 5) is 0. The second-order valence-electron chi connectivity index (χ2n) is 5.04. The summed E-state index contributed by atoms with van der Waals surface area (Å²) in [5.41, 5.74) is 0. The molecule has 0 bridgehead atoms. The largest absolute Gasteiger partial charge is 0.394 e. The van der Waals surface area contributed by atoms with E-state index in [9.17, 15) is 0 Å². The lowest BCUT2D eigenvalue weighted by Gasteiger charge is -2.08. The zero-order valence-corrected chi connectivity index (χ0v) is 17.8. The van der Waals surface area contributed by atoms with Gasteiger partial charge in [0, 0.05) is 6.61 Å². The summed E-state index contributed by atoms with van der Waals surface area (Å²) in [6.07, 6.45) is 0. The van der Waals surface area contributed by atoms with E-state index in [1.54, 1.807) is 0 Å². The van der Waals surface area contributed by atoms with Crippen molar-refractivity contribution in [2.75, 3.05) is 99.1 Å². The van der Waals surface area contributed by atoms with Crippen LogP contribution in [0.3, 0.4) is 0 Å². The van der Waals surface area contributed by atoms with Gasteiger partial charge in [-0.15, -0.1) is 0 Å². The van der Waals surface area contributed by atoms with Crippen LogP contribution in [0.1, 0.15) is 6.92 Å². The summed E-state index contributed by atoms with van der Waals surface area (Å²) in [6, 6.07) is 0. The molecule has 29 heavy (non-hydrogen) atoms. The van der Waals surface area contributed by atoms with E-state index in [0.29, 0.717) is 92.5 Å². The van der Waals surface area contributed by atoms with Crippen molar-refractivity contribution >= 4 is 10.4 Å². The first-order valence-electron chi connectivity index (χ1n) is 9.26. The lowest BCUT2D eigenvalue weighted by Crippen LogP contribution is -2.14. The van der Waals surface area contributed by atoms with Crippen molar-refractivity contribution in [2.24, 2.45) is 0 Å². The van der Waals surface area contributed by atoms with Gasteiger partial charge in [-0.1, -0.05) is 0 Å². The van der Waals surface area contributed by atoms with Gasteiger partial charge in [0.1, 0.15) is 0 Å². The van der Waals surface area contributed by atoms with E-state index < -0.39 is 10.4 Å². The van der Waals surface area contributed by atoms with Crippen molar-refractivity contribution < 1.29 is 55.8 Å². The van der Waals surface area contributed by atoms with E-state index in [1.807, 2.05) is 6.92 Å². The van der Waals surface area contributed by atoms with Crippen LogP contribution >= 0.6 is 0 Å². The van der Waals surface area contributed by atoms with Crippen molar-refractivity contribution in [3.63, 3.8) is 0 Å². The number of aliphatic hydroxyl groups is 1. The number of rotatable bonds is 21. The van der Waals surface area contributed by atoms with Crippen LogP contribution in [-0.2, 0) is 43.6 Å². The van der Waals surface area contributed by atoms with E-state index >= 15 is 0 Å². The Morgan fingerprint density at radius 1 is 0.517 bits per heavy atom. The molecular formula is C16H36O12S. The standard InChI is InChI=1S/C16H34O8.H2O4S/c1-2-18-5-6-20-9-10-22-13-14-24-16-15-23-12-11-21-8-7-19-4-3-17;1-5(2,3)4/h17H,2-16H2,1H3;(H2,1,2,3,4). The summed E-state index contributed by atoms with van der Waals surface area (Å²) in [5, 5.41) is 8.50. The zero-order valence-electron chi connectivity index (χ0n) is 17.0. The number of hydrogen-bond acceptors (Lipinski definition) is 10. The Morgan fingerprint density at radius 2 is 0.724 bits per heavy atom. The highest BCUT2D eigenvalue weighted by Gasteiger charge is 1.94. The summed E-state index contributed by atoms with van der Waals surface area (Å²) in [5.74, 6) is 0. The van der Waals surface area contributed by atoms with Crippen LogP contribution in [-0.4, -0.2) is 122 Å². The van der Waals surface area contributed by atoms with Gasteiger partial charge in [0.05, 0.1) is 92.5 Å². The van der Waals surface area contributed by atoms with Gasteiger partial charge in [-0.05, 0) is 6.92 Å². The monoisotopic (exact) mass is 452 g/mol. The Kier molecular flexibility index (Phi) is 27.1. The van der Waals surface area contributed by atoms with Crippen molar-refractivity contribution in [1.29, 1.82) is 0 Å². The molecule has 178 valence electrons. The maximum Gasteiger partial charge on any atom is 0.394 e. The third-order valence-electron chi connectivity index (χ3n) is 2.67. The molecule has 0 unspecified atom stereocenters. The first-order chi connectivity index (χ1) is 13.9. The number of aliphatic hydroxyl groups excluding tert-OH is 1. The number of ether oxygens (including phenoxy) is 7. The van der Waals surface area contributed by atoms with Gasteiger partial charge >= 0.3 is 10.4 Å². The van der Waals surface area contributed by atoms with E-state index in [0.717, 1.165) is 0 Å². The second kappa shape index (κ2) is 25.6. The van der Waals surface area contributed by atoms with Crippen molar-refractivity contribution in [2.45, 2.75) is 6.92 Å². The highest BCUT2D eigenvalue weighted by molar-refractivity contribution is 7.79. The first kappa shape index (κ1) is 30.7. The fourth-order valence-electron chi connectivity index (χ4n) is 1.53. The molecule has 0 spiro atoms. The van der Waals surface area contributed by atoms with Crippen molar-refractivity contribution in [3.8, 4) is 0 Å². The molecule has 3 N–H and O–H groups in total. The predicted molar refractivity (Wildman–Crippen MR) is 103 cm³/mol. The molecule has 0 aromatic carbocycles. The molecule has 0 saturated carbocycles. The maximum atomic E-state index is 8.74. The molecule has 0 rings (SSSR count). The maximum absolute atomic E-state index is 8.74. The highest BCUT2D eigenvalue weighted by atomic mass is 32.3. The minimum absolute atomic E-state index is 0.0381.